The maximum absolute atomic E-state index is 13.4. The van der Waals surface area contributed by atoms with Gasteiger partial charge in [0.1, 0.15) is 11.5 Å². The Balaban J connectivity index is 1.98. The normalized spacial score (nSPS) is 19.4. The lowest BCUT2D eigenvalue weighted by atomic mass is 9.95. The first-order valence-electron chi connectivity index (χ1n) is 9.74. The molecule has 146 valence electrons. The summed E-state index contributed by atoms with van der Waals surface area (Å²) in [6.07, 6.45) is 7.13. The van der Waals surface area contributed by atoms with Crippen molar-refractivity contribution in [3.63, 3.8) is 0 Å². The first-order chi connectivity index (χ1) is 13.0. The van der Waals surface area contributed by atoms with Crippen LogP contribution in [-0.4, -0.2) is 53.0 Å². The quantitative estimate of drug-likeness (QED) is 0.805. The molecule has 1 N–H and O–H groups in total. The molecule has 3 rings (SSSR count). The lowest BCUT2D eigenvalue weighted by Gasteiger charge is -2.29. The third-order valence-electron chi connectivity index (χ3n) is 5.48. The van der Waals surface area contributed by atoms with E-state index in [2.05, 4.69) is 0 Å². The van der Waals surface area contributed by atoms with E-state index in [9.17, 15) is 19.1 Å². The van der Waals surface area contributed by atoms with E-state index in [1.807, 2.05) is 0 Å². The van der Waals surface area contributed by atoms with E-state index >= 15 is 0 Å². The van der Waals surface area contributed by atoms with Gasteiger partial charge < -0.3 is 10.0 Å². The van der Waals surface area contributed by atoms with Crippen LogP contribution in [0.3, 0.4) is 0 Å². The molecule has 5 nitrogen and oxygen atoms in total. The molecule has 0 bridgehead atoms. The zero-order valence-corrected chi connectivity index (χ0v) is 15.8. The molecule has 1 aromatic carbocycles. The number of halogens is 1. The summed E-state index contributed by atoms with van der Waals surface area (Å²) in [7, 11) is 1.70. The Morgan fingerprint density at radius 2 is 1.63 bits per heavy atom. The Morgan fingerprint density at radius 3 is 2.22 bits per heavy atom. The van der Waals surface area contributed by atoms with Crippen LogP contribution >= 0.6 is 0 Å². The molecule has 1 fully saturated rings. The summed E-state index contributed by atoms with van der Waals surface area (Å²) < 4.78 is 13.4. The topological polar surface area (TPSA) is 60.9 Å². The fraction of sp³-hybridized carbons (Fsp3) is 0.524. The first-order valence-corrected chi connectivity index (χ1v) is 9.74. The van der Waals surface area contributed by atoms with Crippen LogP contribution in [0.5, 0.6) is 0 Å². The van der Waals surface area contributed by atoms with Gasteiger partial charge in [-0.1, -0.05) is 44.2 Å². The van der Waals surface area contributed by atoms with Crippen LogP contribution in [0.25, 0.3) is 5.57 Å². The molecule has 1 heterocycles. The molecule has 0 aromatic heterocycles. The van der Waals surface area contributed by atoms with Gasteiger partial charge in [0.15, 0.2) is 0 Å². The van der Waals surface area contributed by atoms with Gasteiger partial charge in [-0.05, 0) is 30.5 Å². The van der Waals surface area contributed by atoms with Crippen molar-refractivity contribution < 1.29 is 19.1 Å². The highest BCUT2D eigenvalue weighted by atomic mass is 19.1. The summed E-state index contributed by atoms with van der Waals surface area (Å²) in [6, 6.07) is 5.56. The van der Waals surface area contributed by atoms with Crippen molar-refractivity contribution >= 4 is 17.4 Å². The fourth-order valence-corrected chi connectivity index (χ4v) is 4.05. The third-order valence-corrected chi connectivity index (χ3v) is 5.48. The van der Waals surface area contributed by atoms with Gasteiger partial charge in [0.2, 0.25) is 0 Å². The van der Waals surface area contributed by atoms with Gasteiger partial charge in [0.25, 0.3) is 11.8 Å². The minimum absolute atomic E-state index is 0.0965. The maximum Gasteiger partial charge on any atom is 0.278 e. The number of amides is 2. The lowest BCUT2D eigenvalue weighted by Crippen LogP contribution is -2.42. The molecule has 0 spiro atoms. The number of carbonyl (C=O) groups is 2. The molecular formula is C21H27FN2O3. The molecule has 27 heavy (non-hydrogen) atoms. The second kappa shape index (κ2) is 8.65. The van der Waals surface area contributed by atoms with E-state index in [0.29, 0.717) is 16.8 Å². The van der Waals surface area contributed by atoms with Gasteiger partial charge in [0, 0.05) is 19.6 Å². The summed E-state index contributed by atoms with van der Waals surface area (Å²) in [5.74, 6) is -1.00. The maximum atomic E-state index is 13.4. The first kappa shape index (κ1) is 19.5. The molecule has 0 radical (unpaired) electrons. The zero-order chi connectivity index (χ0) is 19.4. The van der Waals surface area contributed by atoms with Crippen molar-refractivity contribution in [3.8, 4) is 0 Å². The van der Waals surface area contributed by atoms with E-state index in [1.54, 1.807) is 11.9 Å². The predicted molar refractivity (Wildman–Crippen MR) is 101 cm³/mol. The summed E-state index contributed by atoms with van der Waals surface area (Å²) in [5, 5.41) is 9.30. The van der Waals surface area contributed by atoms with E-state index in [1.165, 1.54) is 35.6 Å². The molecule has 1 aromatic rings. The second-order valence-corrected chi connectivity index (χ2v) is 7.35. The van der Waals surface area contributed by atoms with Crippen LogP contribution in [0, 0.1) is 5.82 Å². The van der Waals surface area contributed by atoms with Gasteiger partial charge in [-0.15, -0.1) is 0 Å². The number of carbonyl (C=O) groups excluding carboxylic acids is 2. The van der Waals surface area contributed by atoms with E-state index in [0.717, 1.165) is 38.5 Å². The van der Waals surface area contributed by atoms with Gasteiger partial charge in [-0.3, -0.25) is 14.5 Å². The van der Waals surface area contributed by atoms with E-state index in [4.69, 9.17) is 0 Å². The van der Waals surface area contributed by atoms with Crippen LogP contribution in [0.15, 0.2) is 30.0 Å². The molecule has 0 unspecified atom stereocenters. The zero-order valence-electron chi connectivity index (χ0n) is 15.8. The van der Waals surface area contributed by atoms with Crippen LogP contribution in [0.2, 0.25) is 0 Å². The monoisotopic (exact) mass is 374 g/mol. The fourth-order valence-electron chi connectivity index (χ4n) is 4.05. The Labute approximate surface area is 159 Å². The number of hydrogen-bond acceptors (Lipinski definition) is 4. The third kappa shape index (κ3) is 4.05. The average Bonchev–Trinajstić information content (AvgIpc) is 2.87. The Bertz CT molecular complexity index is 721. The van der Waals surface area contributed by atoms with E-state index in [-0.39, 0.29) is 31.0 Å². The number of aliphatic hydroxyl groups is 1. The predicted octanol–water partition coefficient (Wildman–Crippen LogP) is 2.94. The molecule has 1 aliphatic carbocycles. The van der Waals surface area contributed by atoms with Crippen molar-refractivity contribution in [1.29, 1.82) is 0 Å². The SMILES string of the molecule is CN(CCO)C1=C(c2ccc(F)cc2)C(=O)N(C2CCCCCCC2)C1=O. The number of benzene rings is 1. The molecule has 2 aliphatic rings. The van der Waals surface area contributed by atoms with E-state index < -0.39 is 5.82 Å². The molecule has 6 heteroatoms. The molecule has 0 atom stereocenters. The highest BCUT2D eigenvalue weighted by Gasteiger charge is 2.43. The Morgan fingerprint density at radius 1 is 1.04 bits per heavy atom. The van der Waals surface area contributed by atoms with Crippen molar-refractivity contribution in [1.82, 2.24) is 9.80 Å². The summed E-state index contributed by atoms with van der Waals surface area (Å²) >= 11 is 0. The second-order valence-electron chi connectivity index (χ2n) is 7.35. The van der Waals surface area contributed by atoms with Gasteiger partial charge in [-0.2, -0.15) is 0 Å². The molecule has 0 saturated heterocycles. The van der Waals surface area contributed by atoms with Crippen LogP contribution in [0.4, 0.5) is 4.39 Å². The van der Waals surface area contributed by atoms with Crippen molar-refractivity contribution in [3.05, 3.63) is 41.3 Å². The van der Waals surface area contributed by atoms with Crippen LogP contribution in [-0.2, 0) is 9.59 Å². The smallest absolute Gasteiger partial charge is 0.278 e. The summed E-state index contributed by atoms with van der Waals surface area (Å²) in [6.45, 7) is 0.124. The molecule has 2 amide bonds. The van der Waals surface area contributed by atoms with Crippen molar-refractivity contribution in [2.45, 2.75) is 51.0 Å². The molecule has 1 aliphatic heterocycles. The van der Waals surface area contributed by atoms with Gasteiger partial charge in [0.05, 0.1) is 12.2 Å². The number of nitrogens with zero attached hydrogens (tertiary/aromatic N) is 2. The largest absolute Gasteiger partial charge is 0.395 e. The highest BCUT2D eigenvalue weighted by molar-refractivity contribution is 6.35. The van der Waals surface area contributed by atoms with Crippen LogP contribution in [0.1, 0.15) is 50.5 Å². The van der Waals surface area contributed by atoms with Crippen molar-refractivity contribution in [2.24, 2.45) is 0 Å². The standard InChI is InChI=1S/C21H27FN2O3/c1-23(13-14-25)19-18(15-9-11-16(22)12-10-15)20(26)24(21(19)27)17-7-5-3-2-4-6-8-17/h9-12,17,25H,2-8,13-14H2,1H3. The molecular weight excluding hydrogens is 347 g/mol. The molecule has 1 saturated carbocycles. The van der Waals surface area contributed by atoms with Gasteiger partial charge >= 0.3 is 0 Å². The Kier molecular flexibility index (Phi) is 6.26. The van der Waals surface area contributed by atoms with Gasteiger partial charge in [-0.25, -0.2) is 4.39 Å². The van der Waals surface area contributed by atoms with Crippen molar-refractivity contribution in [2.75, 3.05) is 20.2 Å². The highest BCUT2D eigenvalue weighted by Crippen LogP contribution is 2.35. The summed E-state index contributed by atoms with van der Waals surface area (Å²) in [4.78, 5) is 29.5. The number of imide groups is 1. The summed E-state index contributed by atoms with van der Waals surface area (Å²) in [5.41, 5.74) is 1.13. The lowest BCUT2D eigenvalue weighted by molar-refractivity contribution is -0.140. The number of likely N-dealkylation sites (N-methyl/N-ethyl adjacent to an activating group) is 1. The average molecular weight is 374 g/mol. The van der Waals surface area contributed by atoms with Crippen LogP contribution < -0.4 is 0 Å². The minimum atomic E-state index is -0.391. The number of rotatable bonds is 5. The minimum Gasteiger partial charge on any atom is -0.395 e. The number of hydrogen-bond donors (Lipinski definition) is 1. The Hall–Kier alpha value is -2.21. The number of aliphatic hydroxyl groups excluding tert-OH is 1.